The van der Waals surface area contributed by atoms with Crippen LogP contribution in [0.2, 0.25) is 13.1 Å². The molecule has 0 fully saturated rings. The van der Waals surface area contributed by atoms with Gasteiger partial charge in [-0.2, -0.15) is 8.78 Å². The first-order valence-electron chi connectivity index (χ1n) is 11.1. The summed E-state index contributed by atoms with van der Waals surface area (Å²) in [6.07, 6.45) is 0. The van der Waals surface area contributed by atoms with Crippen molar-refractivity contribution in [3.63, 3.8) is 0 Å². The topological polar surface area (TPSA) is 9.23 Å². The normalized spacial score (nSPS) is 15.4. The SMILES string of the molecule is CC1=C(Cl)c2c(cc(C(C)C)c(Oc3c(F)c(F)c(F)c(F)c3F)c2-c2ccccc2)C1[Si](C)C. The standard InChI is InChI=1S/C27H23ClF5OSi/c1-12(2)15-11-16-18(19(28)13(3)27(16)35(4)5)17(14-9-7-6-8-10-14)25(15)34-26-23(32)21(30)20(29)22(31)24(26)33/h6-12,27H,1-5H3. The van der Waals surface area contributed by atoms with E-state index < -0.39 is 43.6 Å². The fourth-order valence-corrected chi connectivity index (χ4v) is 6.93. The lowest BCUT2D eigenvalue weighted by Crippen LogP contribution is -2.16. The van der Waals surface area contributed by atoms with Gasteiger partial charge in [-0.25, -0.2) is 13.2 Å². The number of ether oxygens (including phenoxy) is 1. The van der Waals surface area contributed by atoms with Gasteiger partial charge in [-0.15, -0.1) is 0 Å². The van der Waals surface area contributed by atoms with Crippen molar-refractivity contribution in [1.82, 2.24) is 0 Å². The molecule has 1 aliphatic rings. The summed E-state index contributed by atoms with van der Waals surface area (Å²) in [5, 5.41) is 0.507. The third kappa shape index (κ3) is 4.08. The summed E-state index contributed by atoms with van der Waals surface area (Å²) in [6.45, 7) is 10.1. The van der Waals surface area contributed by atoms with Crippen molar-refractivity contribution in [1.29, 1.82) is 0 Å². The molecule has 0 spiro atoms. The predicted octanol–water partition coefficient (Wildman–Crippen LogP) is 9.33. The van der Waals surface area contributed by atoms with Crippen LogP contribution in [0.4, 0.5) is 22.0 Å². The van der Waals surface area contributed by atoms with Crippen LogP contribution in [0.15, 0.2) is 42.0 Å². The van der Waals surface area contributed by atoms with Gasteiger partial charge in [0.2, 0.25) is 34.8 Å². The van der Waals surface area contributed by atoms with E-state index in [1.54, 1.807) is 24.3 Å². The summed E-state index contributed by atoms with van der Waals surface area (Å²) in [5.74, 6) is -11.9. The summed E-state index contributed by atoms with van der Waals surface area (Å²) in [6, 6.07) is 10.9. The molecule has 1 radical (unpaired) electrons. The van der Waals surface area contributed by atoms with Crippen molar-refractivity contribution in [2.75, 3.05) is 0 Å². The van der Waals surface area contributed by atoms with Gasteiger partial charge in [0.05, 0.1) is 8.80 Å². The third-order valence-corrected chi connectivity index (χ3v) is 8.67. The van der Waals surface area contributed by atoms with Crippen LogP contribution in [-0.2, 0) is 0 Å². The molecule has 183 valence electrons. The van der Waals surface area contributed by atoms with Gasteiger partial charge in [-0.05, 0) is 40.6 Å². The third-order valence-electron chi connectivity index (χ3n) is 6.28. The number of benzene rings is 3. The molecule has 0 saturated carbocycles. The van der Waals surface area contributed by atoms with E-state index in [2.05, 4.69) is 13.1 Å². The van der Waals surface area contributed by atoms with Crippen LogP contribution in [-0.4, -0.2) is 8.80 Å². The first-order chi connectivity index (χ1) is 16.5. The maximum absolute atomic E-state index is 14.7. The predicted molar refractivity (Wildman–Crippen MR) is 131 cm³/mol. The number of halogens is 6. The molecule has 0 heterocycles. The molecule has 1 aliphatic carbocycles. The second-order valence-electron chi connectivity index (χ2n) is 9.16. The molecule has 8 heteroatoms. The van der Waals surface area contributed by atoms with Crippen molar-refractivity contribution in [3.05, 3.63) is 87.7 Å². The zero-order valence-corrected chi connectivity index (χ0v) is 21.6. The number of hydrogen-bond acceptors (Lipinski definition) is 1. The van der Waals surface area contributed by atoms with E-state index in [1.165, 1.54) is 0 Å². The van der Waals surface area contributed by atoms with Gasteiger partial charge in [0.25, 0.3) is 0 Å². The molecular formula is C27H23ClF5OSi. The van der Waals surface area contributed by atoms with Gasteiger partial charge >= 0.3 is 0 Å². The average molecular weight is 522 g/mol. The summed E-state index contributed by atoms with van der Waals surface area (Å²) in [4.78, 5) is 0. The molecule has 0 saturated heterocycles. The summed E-state index contributed by atoms with van der Waals surface area (Å²) < 4.78 is 76.7. The fourth-order valence-electron chi connectivity index (χ4n) is 4.67. The molecule has 3 aromatic rings. The Morgan fingerprint density at radius 1 is 0.829 bits per heavy atom. The van der Waals surface area contributed by atoms with Gasteiger partial charge in [0.1, 0.15) is 5.75 Å². The summed E-state index contributed by atoms with van der Waals surface area (Å²) >= 11 is 6.85. The van der Waals surface area contributed by atoms with Crippen LogP contribution >= 0.6 is 11.6 Å². The van der Waals surface area contributed by atoms with E-state index in [0.29, 0.717) is 27.3 Å². The lowest BCUT2D eigenvalue weighted by molar-refractivity contribution is 0.331. The van der Waals surface area contributed by atoms with Gasteiger partial charge in [-0.1, -0.05) is 74.9 Å². The Hall–Kier alpha value is -2.64. The highest BCUT2D eigenvalue weighted by molar-refractivity contribution is 6.61. The summed E-state index contributed by atoms with van der Waals surface area (Å²) in [7, 11) is -0.889. The monoisotopic (exact) mass is 521 g/mol. The highest BCUT2D eigenvalue weighted by Gasteiger charge is 2.37. The van der Waals surface area contributed by atoms with Gasteiger partial charge in [0, 0.05) is 16.2 Å². The van der Waals surface area contributed by atoms with E-state index in [9.17, 15) is 22.0 Å². The van der Waals surface area contributed by atoms with E-state index >= 15 is 0 Å². The van der Waals surface area contributed by atoms with Gasteiger partial charge < -0.3 is 4.74 Å². The molecule has 1 unspecified atom stereocenters. The zero-order valence-electron chi connectivity index (χ0n) is 19.8. The Balaban J connectivity index is 2.12. The number of allylic oxidation sites excluding steroid dienone is 1. The minimum absolute atomic E-state index is 0.0146. The largest absolute Gasteiger partial charge is 0.450 e. The van der Waals surface area contributed by atoms with Crippen LogP contribution in [0.25, 0.3) is 16.2 Å². The molecule has 0 N–H and O–H groups in total. The van der Waals surface area contributed by atoms with E-state index in [1.807, 2.05) is 32.9 Å². The molecule has 1 atom stereocenters. The Morgan fingerprint density at radius 2 is 1.37 bits per heavy atom. The Morgan fingerprint density at radius 3 is 1.89 bits per heavy atom. The van der Waals surface area contributed by atoms with E-state index in [0.717, 1.165) is 11.1 Å². The van der Waals surface area contributed by atoms with Crippen LogP contribution < -0.4 is 4.74 Å². The smallest absolute Gasteiger partial charge is 0.207 e. The average Bonchev–Trinajstić information content (AvgIpc) is 3.08. The van der Waals surface area contributed by atoms with Crippen LogP contribution in [0.1, 0.15) is 48.9 Å². The van der Waals surface area contributed by atoms with Gasteiger partial charge in [0.15, 0.2) is 0 Å². The molecule has 0 bridgehead atoms. The quantitative estimate of drug-likeness (QED) is 0.141. The van der Waals surface area contributed by atoms with Gasteiger partial charge in [-0.3, -0.25) is 0 Å². The van der Waals surface area contributed by atoms with Crippen molar-refractivity contribution >= 4 is 25.4 Å². The first kappa shape index (κ1) is 25.4. The first-order valence-corrected chi connectivity index (χ1v) is 14.0. The Kier molecular flexibility index (Phi) is 6.86. The van der Waals surface area contributed by atoms with Crippen molar-refractivity contribution in [2.45, 2.75) is 45.3 Å². The number of fused-ring (bicyclic) bond motifs is 1. The highest BCUT2D eigenvalue weighted by Crippen LogP contribution is 2.54. The minimum Gasteiger partial charge on any atom is -0.450 e. The lowest BCUT2D eigenvalue weighted by Gasteiger charge is -2.25. The minimum atomic E-state index is -2.24. The Labute approximate surface area is 207 Å². The second kappa shape index (κ2) is 9.43. The van der Waals surface area contributed by atoms with Crippen molar-refractivity contribution in [3.8, 4) is 22.6 Å². The van der Waals surface area contributed by atoms with E-state index in [-0.39, 0.29) is 17.2 Å². The van der Waals surface area contributed by atoms with Crippen LogP contribution in [0.5, 0.6) is 11.5 Å². The fraction of sp³-hybridized carbons (Fsp3) is 0.259. The molecular weight excluding hydrogens is 499 g/mol. The summed E-state index contributed by atoms with van der Waals surface area (Å²) in [5.41, 5.74) is 4.43. The molecule has 0 aliphatic heterocycles. The lowest BCUT2D eigenvalue weighted by atomic mass is 9.89. The van der Waals surface area contributed by atoms with Crippen molar-refractivity contribution in [2.24, 2.45) is 0 Å². The second-order valence-corrected chi connectivity index (χ2v) is 12.3. The van der Waals surface area contributed by atoms with Crippen molar-refractivity contribution < 1.29 is 26.7 Å². The Bertz CT molecular complexity index is 1320. The molecule has 4 rings (SSSR count). The van der Waals surface area contributed by atoms with E-state index in [4.69, 9.17) is 16.3 Å². The maximum atomic E-state index is 14.7. The molecule has 0 amide bonds. The number of rotatable bonds is 5. The van der Waals surface area contributed by atoms with Crippen LogP contribution in [0.3, 0.4) is 0 Å². The van der Waals surface area contributed by atoms with Crippen LogP contribution in [0, 0.1) is 29.1 Å². The molecule has 3 aromatic carbocycles. The number of hydrogen-bond donors (Lipinski definition) is 0. The maximum Gasteiger partial charge on any atom is 0.207 e. The molecule has 35 heavy (non-hydrogen) atoms. The molecule has 1 nitrogen and oxygen atoms in total. The molecule has 0 aromatic heterocycles. The highest BCUT2D eigenvalue weighted by atomic mass is 35.5. The zero-order chi connectivity index (χ0) is 25.8.